The highest BCUT2D eigenvalue weighted by atomic mass is 16.5. The van der Waals surface area contributed by atoms with Crippen molar-refractivity contribution >= 4 is 5.91 Å². The highest BCUT2D eigenvalue weighted by Gasteiger charge is 2.42. The van der Waals surface area contributed by atoms with E-state index < -0.39 is 24.4 Å². The molecule has 0 aromatic heterocycles. The quantitative estimate of drug-likeness (QED) is 0.205. The maximum absolute atomic E-state index is 12.3. The fourth-order valence-corrected chi connectivity index (χ4v) is 4.60. The number of carbonyl (C=O) groups is 1. The van der Waals surface area contributed by atoms with E-state index in [4.69, 9.17) is 4.74 Å². The maximum atomic E-state index is 12.3. The van der Waals surface area contributed by atoms with Crippen LogP contribution in [0.3, 0.4) is 0 Å². The molecule has 0 radical (unpaired) electrons. The van der Waals surface area contributed by atoms with Crippen LogP contribution in [-0.2, 0) is 9.53 Å². The van der Waals surface area contributed by atoms with Crippen molar-refractivity contribution in [3.05, 3.63) is 0 Å². The van der Waals surface area contributed by atoms with Crippen molar-refractivity contribution in [2.24, 2.45) is 5.92 Å². The molecule has 0 saturated carbocycles. The first-order valence-electron chi connectivity index (χ1n) is 13.9. The van der Waals surface area contributed by atoms with E-state index in [9.17, 15) is 15.0 Å². The van der Waals surface area contributed by atoms with E-state index in [2.05, 4.69) is 31.4 Å². The van der Waals surface area contributed by atoms with Gasteiger partial charge in [-0.15, -0.1) is 0 Å². The Morgan fingerprint density at radius 2 is 1.48 bits per heavy atom. The van der Waals surface area contributed by atoms with Crippen LogP contribution in [0.25, 0.3) is 0 Å². The Balaban J connectivity index is 2.18. The summed E-state index contributed by atoms with van der Waals surface area (Å²) in [6.45, 7) is 9.97. The fourth-order valence-electron chi connectivity index (χ4n) is 4.60. The van der Waals surface area contributed by atoms with E-state index >= 15 is 0 Å². The van der Waals surface area contributed by atoms with Crippen molar-refractivity contribution in [2.75, 3.05) is 13.1 Å². The van der Waals surface area contributed by atoms with Crippen molar-refractivity contribution in [1.82, 2.24) is 10.6 Å². The van der Waals surface area contributed by atoms with Crippen LogP contribution in [0.4, 0.5) is 0 Å². The minimum absolute atomic E-state index is 0.0724. The lowest BCUT2D eigenvalue weighted by molar-refractivity contribution is -0.179. The average molecular weight is 471 g/mol. The summed E-state index contributed by atoms with van der Waals surface area (Å²) in [5.74, 6) is 0.662. The number of rotatable bonds is 19. The molecule has 1 amide bonds. The number of carbonyl (C=O) groups excluding carboxylic acids is 1. The van der Waals surface area contributed by atoms with Crippen LogP contribution in [0.5, 0.6) is 0 Å². The zero-order valence-electron chi connectivity index (χ0n) is 22.0. The SMILES string of the molecule is CCCCCCCCCCNCC1O[C@@H](C)C(NC(=O)CCCCCCC(C)C)[C@@H](O)[C@@H]1O. The zero-order valence-corrected chi connectivity index (χ0v) is 22.0. The molecule has 0 spiro atoms. The normalized spacial score (nSPS) is 25.5. The fraction of sp³-hybridized carbons (Fsp3) is 0.963. The summed E-state index contributed by atoms with van der Waals surface area (Å²) < 4.78 is 5.96. The second-order valence-electron chi connectivity index (χ2n) is 10.5. The van der Waals surface area contributed by atoms with Gasteiger partial charge in [-0.05, 0) is 32.2 Å². The number of ether oxygens (including phenoxy) is 1. The van der Waals surface area contributed by atoms with E-state index in [1.54, 1.807) is 0 Å². The summed E-state index contributed by atoms with van der Waals surface area (Å²) in [4.78, 5) is 12.3. The van der Waals surface area contributed by atoms with Gasteiger partial charge in [-0.1, -0.05) is 91.4 Å². The van der Waals surface area contributed by atoms with Crippen molar-refractivity contribution < 1.29 is 19.7 Å². The zero-order chi connectivity index (χ0) is 24.5. The third-order valence-corrected chi connectivity index (χ3v) is 6.81. The lowest BCUT2D eigenvalue weighted by Gasteiger charge is -2.42. The van der Waals surface area contributed by atoms with Gasteiger partial charge in [-0.2, -0.15) is 0 Å². The third-order valence-electron chi connectivity index (χ3n) is 6.81. The number of aliphatic hydroxyl groups excluding tert-OH is 2. The van der Waals surface area contributed by atoms with Crippen LogP contribution in [0.2, 0.25) is 0 Å². The molecular weight excluding hydrogens is 416 g/mol. The summed E-state index contributed by atoms with van der Waals surface area (Å²) in [7, 11) is 0. The monoisotopic (exact) mass is 470 g/mol. The van der Waals surface area contributed by atoms with E-state index in [0.717, 1.165) is 38.1 Å². The molecule has 1 aliphatic rings. The van der Waals surface area contributed by atoms with Gasteiger partial charge in [0.2, 0.25) is 5.91 Å². The van der Waals surface area contributed by atoms with Gasteiger partial charge in [-0.25, -0.2) is 0 Å². The summed E-state index contributed by atoms with van der Waals surface area (Å²) in [6, 6.07) is -0.572. The average Bonchev–Trinajstić information content (AvgIpc) is 2.78. The first-order chi connectivity index (χ1) is 15.9. The molecule has 1 saturated heterocycles. The maximum Gasteiger partial charge on any atom is 0.220 e. The molecule has 5 atom stereocenters. The van der Waals surface area contributed by atoms with Crippen LogP contribution in [-0.4, -0.2) is 59.7 Å². The van der Waals surface area contributed by atoms with Crippen molar-refractivity contribution in [1.29, 1.82) is 0 Å². The lowest BCUT2D eigenvalue weighted by Crippen LogP contribution is -2.64. The number of aliphatic hydroxyl groups is 2. The van der Waals surface area contributed by atoms with E-state index in [-0.39, 0.29) is 12.0 Å². The molecule has 2 unspecified atom stereocenters. The van der Waals surface area contributed by atoms with Crippen molar-refractivity contribution in [3.63, 3.8) is 0 Å². The lowest BCUT2D eigenvalue weighted by atomic mass is 9.93. The van der Waals surface area contributed by atoms with Crippen LogP contribution in [0.15, 0.2) is 0 Å². The molecule has 0 aliphatic carbocycles. The molecule has 6 nitrogen and oxygen atoms in total. The number of nitrogens with one attached hydrogen (secondary N) is 2. The minimum Gasteiger partial charge on any atom is -0.388 e. The molecule has 0 bridgehead atoms. The number of unbranched alkanes of at least 4 members (excludes halogenated alkanes) is 10. The van der Waals surface area contributed by atoms with Gasteiger partial charge in [0, 0.05) is 13.0 Å². The van der Waals surface area contributed by atoms with Gasteiger partial charge < -0.3 is 25.6 Å². The highest BCUT2D eigenvalue weighted by molar-refractivity contribution is 5.76. The Morgan fingerprint density at radius 3 is 2.15 bits per heavy atom. The molecular formula is C27H54N2O4. The van der Waals surface area contributed by atoms with Crippen LogP contribution >= 0.6 is 0 Å². The van der Waals surface area contributed by atoms with Crippen molar-refractivity contribution in [3.8, 4) is 0 Å². The molecule has 4 N–H and O–H groups in total. The minimum atomic E-state index is -1.02. The smallest absolute Gasteiger partial charge is 0.220 e. The number of amides is 1. The second kappa shape index (κ2) is 18.6. The summed E-state index contributed by atoms with van der Waals surface area (Å²) in [5.41, 5.74) is 0. The molecule has 1 fully saturated rings. The molecule has 1 aliphatic heterocycles. The Morgan fingerprint density at radius 1 is 0.879 bits per heavy atom. The molecule has 0 aromatic rings. The summed E-state index contributed by atoms with van der Waals surface area (Å²) >= 11 is 0. The van der Waals surface area contributed by atoms with Gasteiger partial charge in [0.25, 0.3) is 0 Å². The third kappa shape index (κ3) is 13.7. The van der Waals surface area contributed by atoms with Gasteiger partial charge in [0.1, 0.15) is 12.2 Å². The standard InChI is InChI=1S/C27H54N2O4/c1-5-6-7-8-9-10-13-16-19-28-20-23-26(31)27(32)25(22(4)33-23)29-24(30)18-15-12-11-14-17-21(2)3/h21-23,25-28,31-32H,5-20H2,1-4H3,(H,29,30)/t22-,23?,25?,26+,27+/m0/s1. The van der Waals surface area contributed by atoms with E-state index in [0.29, 0.717) is 13.0 Å². The van der Waals surface area contributed by atoms with Gasteiger partial charge in [0.05, 0.1) is 18.2 Å². The molecule has 33 heavy (non-hydrogen) atoms. The first kappa shape index (κ1) is 30.3. The Kier molecular flexibility index (Phi) is 17.1. The van der Waals surface area contributed by atoms with Gasteiger partial charge in [-0.3, -0.25) is 4.79 Å². The molecule has 1 rings (SSSR count). The van der Waals surface area contributed by atoms with Crippen LogP contribution in [0.1, 0.15) is 118 Å². The molecule has 0 aromatic carbocycles. The largest absolute Gasteiger partial charge is 0.388 e. The van der Waals surface area contributed by atoms with Crippen LogP contribution < -0.4 is 10.6 Å². The molecule has 6 heteroatoms. The van der Waals surface area contributed by atoms with Crippen molar-refractivity contribution in [2.45, 2.75) is 148 Å². The topological polar surface area (TPSA) is 90.8 Å². The van der Waals surface area contributed by atoms with E-state index in [1.165, 1.54) is 57.8 Å². The summed E-state index contributed by atoms with van der Waals surface area (Å²) in [6.07, 6.45) is 13.4. The highest BCUT2D eigenvalue weighted by Crippen LogP contribution is 2.21. The van der Waals surface area contributed by atoms with E-state index in [1.807, 2.05) is 6.92 Å². The van der Waals surface area contributed by atoms with Gasteiger partial charge >= 0.3 is 0 Å². The number of hydrogen-bond donors (Lipinski definition) is 4. The predicted molar refractivity (Wildman–Crippen MR) is 136 cm³/mol. The Hall–Kier alpha value is -0.690. The molecule has 196 valence electrons. The predicted octanol–water partition coefficient (Wildman–Crippen LogP) is 4.71. The van der Waals surface area contributed by atoms with Gasteiger partial charge in [0.15, 0.2) is 0 Å². The molecule has 1 heterocycles. The second-order valence-corrected chi connectivity index (χ2v) is 10.5. The Bertz CT molecular complexity index is 489. The Labute approximate surface area is 203 Å². The number of hydrogen-bond acceptors (Lipinski definition) is 5. The first-order valence-corrected chi connectivity index (χ1v) is 13.9. The van der Waals surface area contributed by atoms with Crippen LogP contribution in [0, 0.1) is 5.92 Å². The summed E-state index contributed by atoms with van der Waals surface area (Å²) in [5, 5.41) is 27.4.